The highest BCUT2D eigenvalue weighted by Gasteiger charge is 2.15. The normalized spacial score (nSPS) is 10.4. The van der Waals surface area contributed by atoms with Crippen molar-refractivity contribution < 1.29 is 9.59 Å². The highest BCUT2D eigenvalue weighted by atomic mass is 35.5. The number of nitrogens with one attached hydrogen (secondary N) is 1. The Morgan fingerprint density at radius 3 is 2.37 bits per heavy atom. The van der Waals surface area contributed by atoms with Gasteiger partial charge in [0.15, 0.2) is 5.78 Å². The van der Waals surface area contributed by atoms with E-state index in [4.69, 9.17) is 11.6 Å². The Kier molecular flexibility index (Phi) is 6.32. The zero-order chi connectivity index (χ0) is 19.2. The summed E-state index contributed by atoms with van der Waals surface area (Å²) in [5.74, 6) is -0.0325. The van der Waals surface area contributed by atoms with Crippen LogP contribution in [0.4, 0.5) is 5.69 Å². The molecule has 3 aromatic carbocycles. The first kappa shape index (κ1) is 19.2. The van der Waals surface area contributed by atoms with Crippen molar-refractivity contribution in [3.63, 3.8) is 0 Å². The van der Waals surface area contributed by atoms with Crippen LogP contribution in [0.2, 0.25) is 5.02 Å². The number of anilines is 1. The third-order valence-corrected chi connectivity index (χ3v) is 5.18. The van der Waals surface area contributed by atoms with Crippen molar-refractivity contribution in [1.82, 2.24) is 0 Å². The van der Waals surface area contributed by atoms with Crippen LogP contribution < -0.4 is 5.32 Å². The van der Waals surface area contributed by atoms with Crippen LogP contribution in [0, 0.1) is 6.92 Å². The molecule has 3 rings (SSSR count). The Hall–Kier alpha value is -2.56. The lowest BCUT2D eigenvalue weighted by Gasteiger charge is -2.12. The lowest BCUT2D eigenvalue weighted by Crippen LogP contribution is -2.17. The molecule has 0 spiro atoms. The summed E-state index contributed by atoms with van der Waals surface area (Å²) in [6, 6.07) is 21.8. The van der Waals surface area contributed by atoms with Gasteiger partial charge in [0.1, 0.15) is 0 Å². The maximum Gasteiger partial charge on any atom is 0.234 e. The molecule has 0 heterocycles. The zero-order valence-corrected chi connectivity index (χ0v) is 16.3. The minimum atomic E-state index is -0.166. The SMILES string of the molecule is Cc1ccc(NC(=O)CSc2ccc(Cl)cc2)c(C(=O)c2ccccc2)c1. The average molecular weight is 396 g/mol. The first-order valence-corrected chi connectivity index (χ1v) is 9.78. The van der Waals surface area contributed by atoms with E-state index in [1.165, 1.54) is 11.8 Å². The Balaban J connectivity index is 1.73. The van der Waals surface area contributed by atoms with Gasteiger partial charge in [0, 0.05) is 21.0 Å². The number of rotatable bonds is 6. The molecule has 1 amide bonds. The third kappa shape index (κ3) is 5.22. The number of ketones is 1. The number of amides is 1. The molecule has 0 unspecified atom stereocenters. The number of aryl methyl sites for hydroxylation is 1. The van der Waals surface area contributed by atoms with Crippen LogP contribution in [0.15, 0.2) is 77.7 Å². The van der Waals surface area contributed by atoms with Gasteiger partial charge in [-0.05, 0) is 43.3 Å². The molecule has 0 radical (unpaired) electrons. The predicted molar refractivity (Wildman–Crippen MR) is 112 cm³/mol. The summed E-state index contributed by atoms with van der Waals surface area (Å²) in [6.07, 6.45) is 0. The molecule has 5 heteroatoms. The Labute approximate surface area is 167 Å². The molecular weight excluding hydrogens is 378 g/mol. The number of carbonyl (C=O) groups is 2. The second kappa shape index (κ2) is 8.89. The lowest BCUT2D eigenvalue weighted by atomic mass is 10.00. The van der Waals surface area contributed by atoms with Gasteiger partial charge in [-0.25, -0.2) is 0 Å². The molecule has 0 saturated carbocycles. The minimum Gasteiger partial charge on any atom is -0.325 e. The number of halogens is 1. The summed E-state index contributed by atoms with van der Waals surface area (Å²) in [6.45, 7) is 1.92. The van der Waals surface area contributed by atoms with E-state index in [9.17, 15) is 9.59 Å². The summed E-state index contributed by atoms with van der Waals surface area (Å²) in [4.78, 5) is 26.2. The number of benzene rings is 3. The highest BCUT2D eigenvalue weighted by molar-refractivity contribution is 8.00. The van der Waals surface area contributed by atoms with Crippen molar-refractivity contribution in [3.8, 4) is 0 Å². The Bertz CT molecular complexity index is 956. The molecule has 3 nitrogen and oxygen atoms in total. The lowest BCUT2D eigenvalue weighted by molar-refractivity contribution is -0.113. The maximum absolute atomic E-state index is 12.8. The molecule has 136 valence electrons. The summed E-state index contributed by atoms with van der Waals surface area (Å²) >= 11 is 7.29. The van der Waals surface area contributed by atoms with Gasteiger partial charge in [0.25, 0.3) is 0 Å². The number of hydrogen-bond donors (Lipinski definition) is 1. The molecular formula is C22H18ClNO2S. The largest absolute Gasteiger partial charge is 0.325 e. The first-order valence-electron chi connectivity index (χ1n) is 8.41. The van der Waals surface area contributed by atoms with Crippen LogP contribution in [0.5, 0.6) is 0 Å². The standard InChI is InChI=1S/C22H18ClNO2S/c1-15-7-12-20(19(13-15)22(26)16-5-3-2-4-6-16)24-21(25)14-27-18-10-8-17(23)9-11-18/h2-13H,14H2,1H3,(H,24,25). The molecule has 3 aromatic rings. The van der Waals surface area contributed by atoms with E-state index in [1.54, 1.807) is 36.4 Å². The fourth-order valence-electron chi connectivity index (χ4n) is 2.57. The molecule has 0 aromatic heterocycles. The van der Waals surface area contributed by atoms with Gasteiger partial charge in [-0.3, -0.25) is 9.59 Å². The van der Waals surface area contributed by atoms with E-state index >= 15 is 0 Å². The topological polar surface area (TPSA) is 46.2 Å². The monoisotopic (exact) mass is 395 g/mol. The van der Waals surface area contributed by atoms with E-state index in [2.05, 4.69) is 5.32 Å². The van der Waals surface area contributed by atoms with Crippen molar-refractivity contribution in [2.75, 3.05) is 11.1 Å². The van der Waals surface area contributed by atoms with Crippen LogP contribution in [-0.4, -0.2) is 17.4 Å². The van der Waals surface area contributed by atoms with E-state index in [0.29, 0.717) is 21.8 Å². The molecule has 27 heavy (non-hydrogen) atoms. The van der Waals surface area contributed by atoms with Crippen LogP contribution in [0.3, 0.4) is 0 Å². The van der Waals surface area contributed by atoms with Gasteiger partial charge in [0.2, 0.25) is 5.91 Å². The Morgan fingerprint density at radius 1 is 0.963 bits per heavy atom. The fraction of sp³-hybridized carbons (Fsp3) is 0.0909. The number of carbonyl (C=O) groups excluding carboxylic acids is 2. The average Bonchev–Trinajstić information content (AvgIpc) is 2.69. The molecule has 0 aliphatic heterocycles. The highest BCUT2D eigenvalue weighted by Crippen LogP contribution is 2.23. The molecule has 0 saturated heterocycles. The van der Waals surface area contributed by atoms with Crippen molar-refractivity contribution in [1.29, 1.82) is 0 Å². The molecule has 0 bridgehead atoms. The van der Waals surface area contributed by atoms with Crippen LogP contribution >= 0.6 is 23.4 Å². The zero-order valence-electron chi connectivity index (χ0n) is 14.7. The molecule has 0 aliphatic rings. The van der Waals surface area contributed by atoms with E-state index < -0.39 is 0 Å². The second-order valence-corrected chi connectivity index (χ2v) is 7.52. The van der Waals surface area contributed by atoms with Gasteiger partial charge in [-0.2, -0.15) is 0 Å². The summed E-state index contributed by atoms with van der Waals surface area (Å²) in [5.41, 5.74) is 2.57. The minimum absolute atomic E-state index is 0.111. The molecule has 0 aliphatic carbocycles. The van der Waals surface area contributed by atoms with Crippen LogP contribution in [-0.2, 0) is 4.79 Å². The third-order valence-electron chi connectivity index (χ3n) is 3.91. The summed E-state index contributed by atoms with van der Waals surface area (Å²) < 4.78 is 0. The summed E-state index contributed by atoms with van der Waals surface area (Å²) in [5, 5.41) is 3.52. The first-order chi connectivity index (χ1) is 13.0. The van der Waals surface area contributed by atoms with E-state index in [1.807, 2.05) is 43.3 Å². The molecule has 0 fully saturated rings. The second-order valence-electron chi connectivity index (χ2n) is 6.03. The van der Waals surface area contributed by atoms with Gasteiger partial charge in [0.05, 0.1) is 11.4 Å². The number of thioether (sulfide) groups is 1. The quantitative estimate of drug-likeness (QED) is 0.435. The van der Waals surface area contributed by atoms with Crippen molar-refractivity contribution in [2.24, 2.45) is 0 Å². The Morgan fingerprint density at radius 2 is 1.67 bits per heavy atom. The van der Waals surface area contributed by atoms with Crippen LogP contribution in [0.1, 0.15) is 21.5 Å². The van der Waals surface area contributed by atoms with Gasteiger partial charge < -0.3 is 5.32 Å². The predicted octanol–water partition coefficient (Wildman–Crippen LogP) is 5.61. The molecule has 0 atom stereocenters. The van der Waals surface area contributed by atoms with Gasteiger partial charge >= 0.3 is 0 Å². The van der Waals surface area contributed by atoms with E-state index in [0.717, 1.165) is 10.5 Å². The molecule has 1 N–H and O–H groups in total. The van der Waals surface area contributed by atoms with Crippen LogP contribution in [0.25, 0.3) is 0 Å². The van der Waals surface area contributed by atoms with Gasteiger partial charge in [-0.1, -0.05) is 53.6 Å². The fourth-order valence-corrected chi connectivity index (χ4v) is 3.39. The summed E-state index contributed by atoms with van der Waals surface area (Å²) in [7, 11) is 0. The van der Waals surface area contributed by atoms with Crippen molar-refractivity contribution in [2.45, 2.75) is 11.8 Å². The van der Waals surface area contributed by atoms with E-state index in [-0.39, 0.29) is 17.4 Å². The van der Waals surface area contributed by atoms with Gasteiger partial charge in [-0.15, -0.1) is 11.8 Å². The van der Waals surface area contributed by atoms with Crippen molar-refractivity contribution >= 4 is 40.7 Å². The smallest absolute Gasteiger partial charge is 0.234 e. The number of hydrogen-bond acceptors (Lipinski definition) is 3. The maximum atomic E-state index is 12.8. The van der Waals surface area contributed by atoms with Crippen molar-refractivity contribution in [3.05, 3.63) is 94.5 Å².